The van der Waals surface area contributed by atoms with Gasteiger partial charge >= 0.3 is 0 Å². The number of rotatable bonds is 2. The molecule has 0 saturated carbocycles. The number of hydrogen-bond donors (Lipinski definition) is 2. The molecule has 2 aliphatic heterocycles. The second kappa shape index (κ2) is 6.70. The van der Waals surface area contributed by atoms with Gasteiger partial charge in [0.05, 0.1) is 22.9 Å². The Hall–Kier alpha value is -1.20. The number of amidine groups is 1. The fourth-order valence-corrected chi connectivity index (χ4v) is 7.31. The van der Waals surface area contributed by atoms with Crippen LogP contribution >= 0.6 is 35.0 Å². The maximum atomic E-state index is 12.8. The van der Waals surface area contributed by atoms with Gasteiger partial charge in [-0.15, -0.1) is 11.8 Å². The normalized spacial score (nSPS) is 29.3. The van der Waals surface area contributed by atoms with Crippen LogP contribution in [0, 0.1) is 16.7 Å². The molecule has 2 atom stereocenters. The van der Waals surface area contributed by atoms with Gasteiger partial charge in [0.2, 0.25) is 0 Å². The van der Waals surface area contributed by atoms with Crippen molar-refractivity contribution >= 4 is 50.6 Å². The first-order valence-corrected chi connectivity index (χ1v) is 11.5. The van der Waals surface area contributed by atoms with Gasteiger partial charge in [0.15, 0.2) is 9.84 Å². The molecule has 2 N–H and O–H groups in total. The maximum Gasteiger partial charge on any atom is 0.165 e. The molecule has 1 saturated heterocycles. The van der Waals surface area contributed by atoms with Crippen molar-refractivity contribution in [2.24, 2.45) is 0 Å². The Balaban J connectivity index is 1.93. The second-order valence-electron chi connectivity index (χ2n) is 7.53. The highest BCUT2D eigenvalue weighted by Gasteiger charge is 2.52. The molecule has 1 fully saturated rings. The molecule has 1 aromatic rings. The lowest BCUT2D eigenvalue weighted by Gasteiger charge is -2.43. The maximum absolute atomic E-state index is 12.8. The summed E-state index contributed by atoms with van der Waals surface area (Å²) >= 11 is 14.1. The van der Waals surface area contributed by atoms with E-state index in [0.29, 0.717) is 22.0 Å². The minimum atomic E-state index is -3.54. The Labute approximate surface area is 173 Å². The lowest BCUT2D eigenvalue weighted by molar-refractivity contribution is 0.493. The molecular weight excluding hydrogens is 425 g/mol. The molecule has 0 aromatic heterocycles. The standard InChI is InChI=1S/C18H19Cl2N3O2S2/c1-17(2)16(22)23-18(3,9-27(17,24)25)15-13(20)7-14(26-15)11-4-10(8-21)5-12(19)6-11/h4-6,14H,7,9H2,1-3H3,(H2,22,23)/t14?,18-/m0/s1. The second-order valence-corrected chi connectivity index (χ2v) is 12.2. The summed E-state index contributed by atoms with van der Waals surface area (Å²) in [7, 11) is -3.54. The van der Waals surface area contributed by atoms with Crippen molar-refractivity contribution in [3.05, 3.63) is 44.3 Å². The van der Waals surface area contributed by atoms with E-state index in [0.717, 1.165) is 10.5 Å². The summed E-state index contributed by atoms with van der Waals surface area (Å²) in [6.45, 7) is 4.83. The largest absolute Gasteiger partial charge is 0.362 e. The Morgan fingerprint density at radius 2 is 1.96 bits per heavy atom. The quantitative estimate of drug-likeness (QED) is 0.707. The zero-order valence-corrected chi connectivity index (χ0v) is 18.2. The van der Waals surface area contributed by atoms with Crippen LogP contribution in [-0.2, 0) is 9.84 Å². The molecule has 1 aromatic carbocycles. The summed E-state index contributed by atoms with van der Waals surface area (Å²) in [6.07, 6.45) is 0.515. The summed E-state index contributed by atoms with van der Waals surface area (Å²) in [5, 5.41) is 21.4. The Morgan fingerprint density at radius 1 is 1.30 bits per heavy atom. The van der Waals surface area contributed by atoms with Crippen molar-refractivity contribution in [2.75, 3.05) is 5.75 Å². The van der Waals surface area contributed by atoms with Gasteiger partial charge < -0.3 is 5.32 Å². The molecule has 1 unspecified atom stereocenters. The van der Waals surface area contributed by atoms with E-state index in [4.69, 9.17) is 33.9 Å². The van der Waals surface area contributed by atoms with Crippen LogP contribution in [0.25, 0.3) is 0 Å². The fourth-order valence-electron chi connectivity index (χ4n) is 3.28. The van der Waals surface area contributed by atoms with E-state index in [-0.39, 0.29) is 16.8 Å². The number of nitrogens with zero attached hydrogens (tertiary/aromatic N) is 1. The van der Waals surface area contributed by atoms with Crippen molar-refractivity contribution in [3.63, 3.8) is 0 Å². The molecule has 0 spiro atoms. The van der Waals surface area contributed by atoms with Gasteiger partial charge in [0, 0.05) is 26.6 Å². The van der Waals surface area contributed by atoms with E-state index >= 15 is 0 Å². The molecule has 2 aliphatic rings. The van der Waals surface area contributed by atoms with Gasteiger partial charge in [0.1, 0.15) is 10.6 Å². The van der Waals surface area contributed by atoms with Gasteiger partial charge in [0.25, 0.3) is 0 Å². The van der Waals surface area contributed by atoms with E-state index in [1.165, 1.54) is 25.6 Å². The van der Waals surface area contributed by atoms with Crippen LogP contribution in [0.15, 0.2) is 28.1 Å². The predicted octanol–water partition coefficient (Wildman–Crippen LogP) is 4.37. The van der Waals surface area contributed by atoms with E-state index < -0.39 is 20.1 Å². The Morgan fingerprint density at radius 3 is 2.56 bits per heavy atom. The predicted molar refractivity (Wildman–Crippen MR) is 111 cm³/mol. The van der Waals surface area contributed by atoms with E-state index in [1.54, 1.807) is 25.1 Å². The highest BCUT2D eigenvalue weighted by Crippen LogP contribution is 2.54. The third-order valence-corrected chi connectivity index (χ3v) is 10.1. The van der Waals surface area contributed by atoms with Crippen LogP contribution in [0.1, 0.15) is 43.6 Å². The summed E-state index contributed by atoms with van der Waals surface area (Å²) < 4.78 is 24.3. The van der Waals surface area contributed by atoms with Crippen LogP contribution in [0.5, 0.6) is 0 Å². The molecule has 0 aliphatic carbocycles. The Kier molecular flexibility index (Phi) is 5.09. The van der Waals surface area contributed by atoms with Crippen LogP contribution in [0.4, 0.5) is 0 Å². The SMILES string of the molecule is CC1(C)C(=N)N[C@](C)(C2=C(Cl)CC(c3cc(Cl)cc(C#N)c3)S2)CS1(=O)=O. The molecule has 0 amide bonds. The molecule has 9 heteroatoms. The molecule has 5 nitrogen and oxygen atoms in total. The van der Waals surface area contributed by atoms with Crippen LogP contribution in [-0.4, -0.2) is 30.3 Å². The highest BCUT2D eigenvalue weighted by molar-refractivity contribution is 8.03. The van der Waals surface area contributed by atoms with Crippen LogP contribution in [0.3, 0.4) is 0 Å². The number of allylic oxidation sites excluding steroid dienone is 1. The number of thioether (sulfide) groups is 1. The first kappa shape index (κ1) is 20.5. The molecule has 3 rings (SSSR count). The minimum absolute atomic E-state index is 0.0354. The lowest BCUT2D eigenvalue weighted by atomic mass is 9.99. The van der Waals surface area contributed by atoms with Gasteiger partial charge in [-0.3, -0.25) is 5.41 Å². The van der Waals surface area contributed by atoms with Gasteiger partial charge in [-0.05, 0) is 44.5 Å². The molecule has 144 valence electrons. The van der Waals surface area contributed by atoms with Crippen molar-refractivity contribution in [1.82, 2.24) is 5.32 Å². The van der Waals surface area contributed by atoms with Crippen molar-refractivity contribution in [2.45, 2.75) is 42.7 Å². The van der Waals surface area contributed by atoms with Crippen LogP contribution < -0.4 is 5.32 Å². The summed E-state index contributed by atoms with van der Waals surface area (Å²) in [5.41, 5.74) is 0.379. The first-order chi connectivity index (χ1) is 12.4. The molecular formula is C18H19Cl2N3O2S2. The van der Waals surface area contributed by atoms with Crippen molar-refractivity contribution < 1.29 is 8.42 Å². The van der Waals surface area contributed by atoms with Crippen molar-refractivity contribution in [1.29, 1.82) is 10.7 Å². The minimum Gasteiger partial charge on any atom is -0.362 e. The van der Waals surface area contributed by atoms with E-state index in [1.807, 2.05) is 0 Å². The van der Waals surface area contributed by atoms with Gasteiger partial charge in [-0.2, -0.15) is 5.26 Å². The summed E-state index contributed by atoms with van der Waals surface area (Å²) in [5.74, 6) is -0.175. The zero-order valence-electron chi connectivity index (χ0n) is 15.1. The zero-order chi connectivity index (χ0) is 20.2. The number of benzene rings is 1. The molecule has 2 heterocycles. The third kappa shape index (κ3) is 3.49. The third-order valence-electron chi connectivity index (χ3n) is 5.05. The Bertz CT molecular complexity index is 1010. The number of nitriles is 1. The number of nitrogens with one attached hydrogen (secondary N) is 2. The number of hydrogen-bond acceptors (Lipinski definition) is 5. The summed E-state index contributed by atoms with van der Waals surface area (Å²) in [6, 6.07) is 7.26. The average Bonchev–Trinajstić information content (AvgIpc) is 2.95. The lowest BCUT2D eigenvalue weighted by Crippen LogP contribution is -2.65. The van der Waals surface area contributed by atoms with Gasteiger partial charge in [-0.1, -0.05) is 23.2 Å². The van der Waals surface area contributed by atoms with E-state index in [2.05, 4.69) is 11.4 Å². The average molecular weight is 444 g/mol. The summed E-state index contributed by atoms with van der Waals surface area (Å²) in [4.78, 5) is 0.719. The number of sulfone groups is 1. The molecule has 27 heavy (non-hydrogen) atoms. The van der Waals surface area contributed by atoms with Crippen LogP contribution in [0.2, 0.25) is 5.02 Å². The number of halogens is 2. The smallest absolute Gasteiger partial charge is 0.165 e. The van der Waals surface area contributed by atoms with Crippen molar-refractivity contribution in [3.8, 4) is 6.07 Å². The molecule has 0 radical (unpaired) electrons. The molecule has 0 bridgehead atoms. The monoisotopic (exact) mass is 443 g/mol. The highest BCUT2D eigenvalue weighted by atomic mass is 35.5. The van der Waals surface area contributed by atoms with Gasteiger partial charge in [-0.25, -0.2) is 8.42 Å². The topological polar surface area (TPSA) is 93.8 Å². The van der Waals surface area contributed by atoms with E-state index in [9.17, 15) is 8.42 Å². The first-order valence-electron chi connectivity index (χ1n) is 8.25. The fraction of sp³-hybridized carbons (Fsp3) is 0.444.